The third kappa shape index (κ3) is 22.5. The fourth-order valence-electron chi connectivity index (χ4n) is 9.76. The molecular formula is C58H91N7O15S. The standard InChI is InChI=1S/C58H91N7O15S/c1-11-41(4)52(46(73-9)39-50(69)64-23-15-18-45(64)53(74-10)42(5)54(70)60-44(55-59-22-37-81-55)38-43-16-13-12-14-17-43)63(8)56(71)51(40(2)3)61-57(72)58(6,7)62-47(66)21-25-75-27-29-77-31-33-79-35-36-80-34-32-78-30-28-76-26-24-65-48(67)19-20-49(65)68/h12-14,16-17,19-20,22,37,40-42,44-46,51-53H,11,15,18,21,23-36,38-39H2,1-10H3,(H,60,70)(H,61,72)(H,62,66). The Labute approximate surface area is 482 Å². The Morgan fingerprint density at radius 1 is 0.790 bits per heavy atom. The Hall–Kier alpha value is -5.24. The van der Waals surface area contributed by atoms with Gasteiger partial charge >= 0.3 is 0 Å². The summed E-state index contributed by atoms with van der Waals surface area (Å²) >= 11 is 1.48. The molecule has 1 saturated heterocycles. The maximum absolute atomic E-state index is 14.6. The molecule has 1 aromatic heterocycles. The lowest BCUT2D eigenvalue weighted by Gasteiger charge is -2.41. The lowest BCUT2D eigenvalue weighted by atomic mass is 9.89. The van der Waals surface area contributed by atoms with Crippen LogP contribution in [0.5, 0.6) is 0 Å². The van der Waals surface area contributed by atoms with E-state index in [1.807, 2.05) is 70.3 Å². The number of carbonyl (C=O) groups is 7. The van der Waals surface area contributed by atoms with Crippen molar-refractivity contribution in [1.82, 2.24) is 35.6 Å². The molecule has 0 spiro atoms. The van der Waals surface area contributed by atoms with Crippen molar-refractivity contribution < 1.29 is 71.5 Å². The van der Waals surface area contributed by atoms with E-state index in [1.165, 1.54) is 30.6 Å². The first-order valence-corrected chi connectivity index (χ1v) is 29.2. The Morgan fingerprint density at radius 2 is 1.36 bits per heavy atom. The summed E-state index contributed by atoms with van der Waals surface area (Å²) < 4.78 is 45.1. The molecule has 0 saturated carbocycles. The van der Waals surface area contributed by atoms with E-state index in [0.29, 0.717) is 85.3 Å². The largest absolute Gasteiger partial charge is 0.379 e. The van der Waals surface area contributed by atoms with Crippen molar-refractivity contribution in [3.05, 3.63) is 64.6 Å². The zero-order valence-electron chi connectivity index (χ0n) is 49.4. The minimum Gasteiger partial charge on any atom is -0.379 e. The molecule has 1 aromatic carbocycles. The summed E-state index contributed by atoms with van der Waals surface area (Å²) in [5, 5.41) is 11.6. The van der Waals surface area contributed by atoms with Gasteiger partial charge in [-0.25, -0.2) is 4.98 Å². The van der Waals surface area contributed by atoms with Gasteiger partial charge in [-0.15, -0.1) is 11.3 Å². The van der Waals surface area contributed by atoms with Gasteiger partial charge in [-0.3, -0.25) is 38.5 Å². The number of amides is 7. The molecule has 1 fully saturated rings. The summed E-state index contributed by atoms with van der Waals surface area (Å²) in [5.41, 5.74) is -0.314. The molecule has 2 aromatic rings. The van der Waals surface area contributed by atoms with Crippen molar-refractivity contribution in [2.45, 2.75) is 129 Å². The summed E-state index contributed by atoms with van der Waals surface area (Å²) in [6, 6.07) is 7.69. The van der Waals surface area contributed by atoms with Crippen molar-refractivity contribution in [2.24, 2.45) is 17.8 Å². The Morgan fingerprint density at radius 3 is 1.88 bits per heavy atom. The van der Waals surface area contributed by atoms with Crippen LogP contribution in [0, 0.1) is 17.8 Å². The summed E-state index contributed by atoms with van der Waals surface area (Å²) in [4.78, 5) is 102. The lowest BCUT2D eigenvalue weighted by molar-refractivity contribution is -0.148. The van der Waals surface area contributed by atoms with Crippen LogP contribution in [-0.2, 0) is 77.9 Å². The molecular weight excluding hydrogens is 1070 g/mol. The predicted molar refractivity (Wildman–Crippen MR) is 304 cm³/mol. The van der Waals surface area contributed by atoms with Gasteiger partial charge in [0.1, 0.15) is 16.6 Å². The van der Waals surface area contributed by atoms with Crippen LogP contribution < -0.4 is 16.0 Å². The SMILES string of the molecule is CCC(C)C(C(CC(=O)N1CCCC1C(OC)C(C)C(=O)NC(Cc1ccccc1)c1nccs1)OC)N(C)C(=O)C(NC(=O)C(C)(C)NC(=O)CCOCCOCCOCCOCCOCCOCCN1C(=O)C=CC1=O)C(C)C. The van der Waals surface area contributed by atoms with E-state index < -0.39 is 47.6 Å². The van der Waals surface area contributed by atoms with Crippen LogP contribution in [0.2, 0.25) is 0 Å². The van der Waals surface area contributed by atoms with Crippen molar-refractivity contribution in [2.75, 3.05) is 114 Å². The molecule has 4 rings (SSSR count). The maximum Gasteiger partial charge on any atom is 0.253 e. The number of ether oxygens (including phenoxy) is 8. The minimum atomic E-state index is -1.38. The molecule has 7 amide bonds. The number of hydrogen-bond donors (Lipinski definition) is 3. The average Bonchev–Trinajstić information content (AvgIpc) is 4.31. The van der Waals surface area contributed by atoms with Gasteiger partial charge in [-0.1, -0.05) is 71.4 Å². The molecule has 0 aliphatic carbocycles. The molecule has 3 heterocycles. The molecule has 3 N–H and O–H groups in total. The van der Waals surface area contributed by atoms with Gasteiger partial charge in [0.25, 0.3) is 11.8 Å². The highest BCUT2D eigenvalue weighted by Gasteiger charge is 2.44. The molecule has 8 atom stereocenters. The number of carbonyl (C=O) groups excluding carboxylic acids is 7. The van der Waals surface area contributed by atoms with E-state index in [4.69, 9.17) is 37.9 Å². The minimum absolute atomic E-state index is 0.00685. The molecule has 8 unspecified atom stereocenters. The average molecular weight is 1160 g/mol. The first-order chi connectivity index (χ1) is 38.8. The molecule has 23 heteroatoms. The van der Waals surface area contributed by atoms with Gasteiger partial charge in [-0.2, -0.15) is 0 Å². The summed E-state index contributed by atoms with van der Waals surface area (Å²) in [6.45, 7) is 17.2. The van der Waals surface area contributed by atoms with Gasteiger partial charge < -0.3 is 63.6 Å². The molecule has 81 heavy (non-hydrogen) atoms. The monoisotopic (exact) mass is 1160 g/mol. The van der Waals surface area contributed by atoms with E-state index in [9.17, 15) is 33.6 Å². The van der Waals surface area contributed by atoms with Crippen LogP contribution in [0.1, 0.15) is 97.2 Å². The normalized spacial score (nSPS) is 17.2. The number of nitrogens with zero attached hydrogens (tertiary/aromatic N) is 4. The summed E-state index contributed by atoms with van der Waals surface area (Å²) in [7, 11) is 4.78. The second-order valence-electron chi connectivity index (χ2n) is 21.2. The summed E-state index contributed by atoms with van der Waals surface area (Å²) in [6.07, 6.45) is 5.48. The molecule has 2 aliphatic rings. The van der Waals surface area contributed by atoms with Crippen LogP contribution in [0.25, 0.3) is 0 Å². The molecule has 2 aliphatic heterocycles. The third-order valence-electron chi connectivity index (χ3n) is 14.5. The lowest BCUT2D eigenvalue weighted by Crippen LogP contribution is -2.62. The van der Waals surface area contributed by atoms with E-state index in [2.05, 4.69) is 20.9 Å². The number of rotatable bonds is 41. The van der Waals surface area contributed by atoms with Crippen LogP contribution in [0.15, 0.2) is 54.1 Å². The van der Waals surface area contributed by atoms with Crippen LogP contribution in [0.4, 0.5) is 0 Å². The van der Waals surface area contributed by atoms with E-state index in [-0.39, 0.29) is 92.7 Å². The fourth-order valence-corrected chi connectivity index (χ4v) is 10.5. The predicted octanol–water partition coefficient (Wildman–Crippen LogP) is 3.91. The molecule has 0 bridgehead atoms. The van der Waals surface area contributed by atoms with Gasteiger partial charge in [0, 0.05) is 58.0 Å². The Balaban J connectivity index is 1.16. The van der Waals surface area contributed by atoms with E-state index >= 15 is 0 Å². The number of imide groups is 1. The quantitative estimate of drug-likeness (QED) is 0.0631. The summed E-state index contributed by atoms with van der Waals surface area (Å²) in [5.74, 6) is -3.40. The van der Waals surface area contributed by atoms with E-state index in [0.717, 1.165) is 21.9 Å². The van der Waals surface area contributed by atoms with Crippen molar-refractivity contribution in [3.8, 4) is 0 Å². The first-order valence-electron chi connectivity index (χ1n) is 28.3. The number of methoxy groups -OCH3 is 2. The highest BCUT2D eigenvalue weighted by molar-refractivity contribution is 7.09. The third-order valence-corrected chi connectivity index (χ3v) is 15.4. The smallest absolute Gasteiger partial charge is 0.253 e. The number of hydrogen-bond acceptors (Lipinski definition) is 17. The van der Waals surface area contributed by atoms with Crippen LogP contribution in [0.3, 0.4) is 0 Å². The molecule has 0 radical (unpaired) electrons. The number of thiazole rings is 1. The topological polar surface area (TPSA) is 252 Å². The van der Waals surface area contributed by atoms with Gasteiger partial charge in [0.15, 0.2) is 0 Å². The molecule has 454 valence electrons. The maximum atomic E-state index is 14.6. The zero-order valence-corrected chi connectivity index (χ0v) is 50.2. The Bertz CT molecular complexity index is 2240. The van der Waals surface area contributed by atoms with Crippen LogP contribution in [-0.4, -0.2) is 211 Å². The van der Waals surface area contributed by atoms with Crippen molar-refractivity contribution in [1.29, 1.82) is 0 Å². The number of aromatic nitrogens is 1. The highest BCUT2D eigenvalue weighted by atomic mass is 32.1. The fraction of sp³-hybridized carbons (Fsp3) is 0.690. The Kier molecular flexibility index (Phi) is 30.6. The number of nitrogens with one attached hydrogen (secondary N) is 3. The van der Waals surface area contributed by atoms with Gasteiger partial charge in [0.2, 0.25) is 29.5 Å². The molecule has 22 nitrogen and oxygen atoms in total. The van der Waals surface area contributed by atoms with Gasteiger partial charge in [0.05, 0.1) is 128 Å². The number of likely N-dealkylation sites (N-methyl/N-ethyl adjacent to an activating group) is 1. The van der Waals surface area contributed by atoms with Crippen LogP contribution >= 0.6 is 11.3 Å². The van der Waals surface area contributed by atoms with Gasteiger partial charge in [-0.05, 0) is 50.5 Å². The number of benzene rings is 1. The van der Waals surface area contributed by atoms with Crippen molar-refractivity contribution in [3.63, 3.8) is 0 Å². The second-order valence-corrected chi connectivity index (χ2v) is 22.1. The van der Waals surface area contributed by atoms with E-state index in [1.54, 1.807) is 44.0 Å². The zero-order chi connectivity index (χ0) is 59.3. The highest BCUT2D eigenvalue weighted by Crippen LogP contribution is 2.31. The second kappa shape index (κ2) is 36.4. The van der Waals surface area contributed by atoms with Crippen molar-refractivity contribution >= 4 is 52.7 Å². The number of likely N-dealkylation sites (tertiary alicyclic amines) is 1. The first kappa shape index (κ1) is 68.3.